The van der Waals surface area contributed by atoms with Crippen LogP contribution in [0.15, 0.2) is 12.6 Å². The molecule has 0 spiro atoms. The smallest absolute Gasteiger partial charge is 0.0253 e. The molecule has 0 atom stereocenters. The third kappa shape index (κ3) is 2.23. The topological polar surface area (TPSA) is 4.93 Å². The van der Waals surface area contributed by atoms with Crippen molar-refractivity contribution in [3.8, 4) is 0 Å². The molecular weight excluding hydrogens is 194 g/mol. The predicted octanol–water partition coefficient (Wildman–Crippen LogP) is 4.33. The van der Waals surface area contributed by atoms with Gasteiger partial charge in [-0.1, -0.05) is 31.9 Å². The standard InChI is InChI=1S/C15H23N/c1-4-15-10-12(2)16(13(15)3)11-14-8-6-5-7-9-14/h4,10,14H,1,5-9,11H2,2-3H3. The lowest BCUT2D eigenvalue weighted by Crippen LogP contribution is -2.15. The fraction of sp³-hybridized carbons (Fsp3) is 0.600. The van der Waals surface area contributed by atoms with Crippen molar-refractivity contribution in [2.24, 2.45) is 5.92 Å². The molecule has 1 aromatic heterocycles. The van der Waals surface area contributed by atoms with Gasteiger partial charge in [-0.25, -0.2) is 0 Å². The molecule has 1 aromatic rings. The zero-order valence-corrected chi connectivity index (χ0v) is 10.6. The lowest BCUT2D eigenvalue weighted by molar-refractivity contribution is 0.316. The van der Waals surface area contributed by atoms with Gasteiger partial charge < -0.3 is 4.57 Å². The van der Waals surface area contributed by atoms with Crippen LogP contribution in [0.3, 0.4) is 0 Å². The molecule has 1 heterocycles. The van der Waals surface area contributed by atoms with Gasteiger partial charge in [0.2, 0.25) is 0 Å². The minimum Gasteiger partial charge on any atom is -0.348 e. The Morgan fingerprint density at radius 1 is 1.31 bits per heavy atom. The minimum absolute atomic E-state index is 0.899. The third-order valence-electron chi connectivity index (χ3n) is 4.00. The molecule has 16 heavy (non-hydrogen) atoms. The van der Waals surface area contributed by atoms with E-state index in [2.05, 4.69) is 31.1 Å². The largest absolute Gasteiger partial charge is 0.348 e. The summed E-state index contributed by atoms with van der Waals surface area (Å²) >= 11 is 0. The minimum atomic E-state index is 0.899. The second-order valence-electron chi connectivity index (χ2n) is 5.15. The molecule has 1 saturated carbocycles. The van der Waals surface area contributed by atoms with Crippen LogP contribution in [0.1, 0.15) is 49.1 Å². The Kier molecular flexibility index (Phi) is 3.52. The van der Waals surface area contributed by atoms with Gasteiger partial charge in [-0.3, -0.25) is 0 Å². The monoisotopic (exact) mass is 217 g/mol. The molecular formula is C15H23N. The molecule has 0 bridgehead atoms. The van der Waals surface area contributed by atoms with E-state index >= 15 is 0 Å². The van der Waals surface area contributed by atoms with Crippen LogP contribution in [-0.2, 0) is 6.54 Å². The van der Waals surface area contributed by atoms with Crippen molar-refractivity contribution in [1.29, 1.82) is 0 Å². The van der Waals surface area contributed by atoms with Crippen LogP contribution in [0.4, 0.5) is 0 Å². The van der Waals surface area contributed by atoms with Crippen molar-refractivity contribution in [2.45, 2.75) is 52.5 Å². The molecule has 1 aliphatic rings. The summed E-state index contributed by atoms with van der Waals surface area (Å²) < 4.78 is 2.48. The van der Waals surface area contributed by atoms with Crippen LogP contribution in [0, 0.1) is 19.8 Å². The van der Waals surface area contributed by atoms with E-state index in [1.807, 2.05) is 6.08 Å². The van der Waals surface area contributed by atoms with E-state index in [0.29, 0.717) is 0 Å². The van der Waals surface area contributed by atoms with Gasteiger partial charge in [-0.05, 0) is 44.2 Å². The summed E-state index contributed by atoms with van der Waals surface area (Å²) in [5, 5.41) is 0. The lowest BCUT2D eigenvalue weighted by atomic mass is 9.89. The summed E-state index contributed by atoms with van der Waals surface area (Å²) in [7, 11) is 0. The molecule has 2 rings (SSSR count). The summed E-state index contributed by atoms with van der Waals surface area (Å²) in [5.41, 5.74) is 4.07. The quantitative estimate of drug-likeness (QED) is 0.710. The van der Waals surface area contributed by atoms with Gasteiger partial charge in [0.05, 0.1) is 0 Å². The fourth-order valence-electron chi connectivity index (χ4n) is 2.94. The van der Waals surface area contributed by atoms with E-state index in [4.69, 9.17) is 0 Å². The normalized spacial score (nSPS) is 17.6. The summed E-state index contributed by atoms with van der Waals surface area (Å²) in [5.74, 6) is 0.899. The molecule has 0 aromatic carbocycles. The van der Waals surface area contributed by atoms with Gasteiger partial charge in [0.1, 0.15) is 0 Å². The Morgan fingerprint density at radius 3 is 2.56 bits per heavy atom. The van der Waals surface area contributed by atoms with Gasteiger partial charge in [-0.15, -0.1) is 0 Å². The molecule has 0 amide bonds. The van der Waals surface area contributed by atoms with Crippen LogP contribution in [0.5, 0.6) is 0 Å². The highest BCUT2D eigenvalue weighted by molar-refractivity contribution is 5.51. The van der Waals surface area contributed by atoms with Gasteiger partial charge >= 0.3 is 0 Å². The van der Waals surface area contributed by atoms with Crippen LogP contribution < -0.4 is 0 Å². The molecule has 1 aliphatic carbocycles. The SMILES string of the molecule is C=Cc1cc(C)n(CC2CCCCC2)c1C. The van der Waals surface area contributed by atoms with Gasteiger partial charge in [0, 0.05) is 17.9 Å². The van der Waals surface area contributed by atoms with Crippen LogP contribution in [0.2, 0.25) is 0 Å². The van der Waals surface area contributed by atoms with Crippen molar-refractivity contribution in [2.75, 3.05) is 0 Å². The van der Waals surface area contributed by atoms with E-state index in [1.54, 1.807) is 0 Å². The first kappa shape index (κ1) is 11.5. The summed E-state index contributed by atoms with van der Waals surface area (Å²) in [6, 6.07) is 2.26. The van der Waals surface area contributed by atoms with Gasteiger partial charge in [0.25, 0.3) is 0 Å². The summed E-state index contributed by atoms with van der Waals surface area (Å²) in [4.78, 5) is 0. The Bertz CT molecular complexity index is 367. The number of hydrogen-bond acceptors (Lipinski definition) is 0. The van der Waals surface area contributed by atoms with E-state index in [9.17, 15) is 0 Å². The molecule has 1 nitrogen and oxygen atoms in total. The second kappa shape index (κ2) is 4.90. The number of rotatable bonds is 3. The van der Waals surface area contributed by atoms with Crippen LogP contribution in [-0.4, -0.2) is 4.57 Å². The van der Waals surface area contributed by atoms with E-state index in [1.165, 1.54) is 55.6 Å². The van der Waals surface area contributed by atoms with Crippen molar-refractivity contribution in [1.82, 2.24) is 4.57 Å². The molecule has 0 radical (unpaired) electrons. The maximum absolute atomic E-state index is 3.88. The van der Waals surface area contributed by atoms with Gasteiger partial charge in [-0.2, -0.15) is 0 Å². The Balaban J connectivity index is 2.13. The zero-order valence-electron chi connectivity index (χ0n) is 10.6. The van der Waals surface area contributed by atoms with Gasteiger partial charge in [0.15, 0.2) is 0 Å². The fourth-order valence-corrected chi connectivity index (χ4v) is 2.94. The number of nitrogens with zero attached hydrogens (tertiary/aromatic N) is 1. The molecule has 0 saturated heterocycles. The number of aromatic nitrogens is 1. The Morgan fingerprint density at radius 2 is 2.00 bits per heavy atom. The van der Waals surface area contributed by atoms with Crippen molar-refractivity contribution in [3.05, 3.63) is 29.6 Å². The summed E-state index contributed by atoms with van der Waals surface area (Å²) in [6.07, 6.45) is 9.11. The van der Waals surface area contributed by atoms with E-state index in [-0.39, 0.29) is 0 Å². The Labute approximate surface area is 99.2 Å². The highest BCUT2D eigenvalue weighted by Crippen LogP contribution is 2.27. The molecule has 1 heteroatoms. The van der Waals surface area contributed by atoms with Crippen molar-refractivity contribution in [3.63, 3.8) is 0 Å². The second-order valence-corrected chi connectivity index (χ2v) is 5.15. The van der Waals surface area contributed by atoms with Crippen LogP contribution in [0.25, 0.3) is 6.08 Å². The average Bonchev–Trinajstić information content (AvgIpc) is 2.58. The first-order chi connectivity index (χ1) is 7.72. The van der Waals surface area contributed by atoms with Crippen molar-refractivity contribution < 1.29 is 0 Å². The number of aryl methyl sites for hydroxylation is 1. The maximum atomic E-state index is 3.88. The molecule has 0 aliphatic heterocycles. The lowest BCUT2D eigenvalue weighted by Gasteiger charge is -2.23. The molecule has 0 N–H and O–H groups in total. The molecule has 88 valence electrons. The van der Waals surface area contributed by atoms with E-state index in [0.717, 1.165) is 5.92 Å². The molecule has 0 unspecified atom stereocenters. The first-order valence-electron chi connectivity index (χ1n) is 6.51. The average molecular weight is 217 g/mol. The van der Waals surface area contributed by atoms with E-state index < -0.39 is 0 Å². The predicted molar refractivity (Wildman–Crippen MR) is 70.6 cm³/mol. The molecule has 1 fully saturated rings. The number of hydrogen-bond donors (Lipinski definition) is 0. The highest BCUT2D eigenvalue weighted by Gasteiger charge is 2.16. The summed E-state index contributed by atoms with van der Waals surface area (Å²) in [6.45, 7) is 9.52. The first-order valence-corrected chi connectivity index (χ1v) is 6.51. The van der Waals surface area contributed by atoms with Crippen molar-refractivity contribution >= 4 is 6.08 Å². The highest BCUT2D eigenvalue weighted by atomic mass is 15.0. The third-order valence-corrected chi connectivity index (χ3v) is 4.00. The van der Waals surface area contributed by atoms with Crippen LogP contribution >= 0.6 is 0 Å². The zero-order chi connectivity index (χ0) is 11.5. The Hall–Kier alpha value is -0.980. The maximum Gasteiger partial charge on any atom is 0.0253 e.